The van der Waals surface area contributed by atoms with Crippen LogP contribution in [0.15, 0.2) is 36.7 Å². The summed E-state index contributed by atoms with van der Waals surface area (Å²) >= 11 is 0. The van der Waals surface area contributed by atoms with Crippen molar-refractivity contribution in [2.75, 3.05) is 33.4 Å². The molecular formula is C18H21N5O3. The zero-order valence-electron chi connectivity index (χ0n) is 14.6. The second kappa shape index (κ2) is 6.53. The van der Waals surface area contributed by atoms with E-state index >= 15 is 0 Å². The van der Waals surface area contributed by atoms with Gasteiger partial charge in [0.15, 0.2) is 0 Å². The third-order valence-electron chi connectivity index (χ3n) is 5.48. The number of nitrogens with zero attached hydrogens (tertiary/aromatic N) is 4. The number of nitrogens with one attached hydrogen (secondary N) is 1. The first-order chi connectivity index (χ1) is 12.7. The Kier molecular flexibility index (Phi) is 4.20. The third kappa shape index (κ3) is 2.57. The molecule has 3 heterocycles. The van der Waals surface area contributed by atoms with E-state index in [4.69, 9.17) is 4.74 Å². The number of hydrogen-bond acceptors (Lipinski definition) is 5. The lowest BCUT2D eigenvalue weighted by atomic mass is 9.73. The van der Waals surface area contributed by atoms with Crippen LogP contribution in [0.2, 0.25) is 0 Å². The minimum Gasteiger partial charge on any atom is -0.381 e. The molecule has 1 aromatic heterocycles. The predicted octanol–water partition coefficient (Wildman–Crippen LogP) is 0.492. The molecule has 0 unspecified atom stereocenters. The summed E-state index contributed by atoms with van der Waals surface area (Å²) in [4.78, 5) is 27.6. The average molecular weight is 355 g/mol. The lowest BCUT2D eigenvalue weighted by molar-refractivity contribution is -0.138. The van der Waals surface area contributed by atoms with E-state index in [9.17, 15) is 9.59 Å². The summed E-state index contributed by atoms with van der Waals surface area (Å²) < 4.78 is 7.16. The van der Waals surface area contributed by atoms with Crippen LogP contribution in [-0.4, -0.2) is 65.1 Å². The number of fused-ring (bicyclic) bond motifs is 1. The molecule has 2 fully saturated rings. The number of carbonyl (C=O) groups excluding carboxylic acids is 2. The number of rotatable bonds is 3. The van der Waals surface area contributed by atoms with Gasteiger partial charge in [0.1, 0.15) is 0 Å². The van der Waals surface area contributed by atoms with Gasteiger partial charge in [-0.2, -0.15) is 0 Å². The van der Waals surface area contributed by atoms with Crippen LogP contribution in [0.25, 0.3) is 5.69 Å². The molecule has 0 spiro atoms. The van der Waals surface area contributed by atoms with Crippen LogP contribution in [0.4, 0.5) is 0 Å². The predicted molar refractivity (Wildman–Crippen MR) is 92.7 cm³/mol. The highest BCUT2D eigenvalue weighted by atomic mass is 16.5. The van der Waals surface area contributed by atoms with Crippen LogP contribution in [0.3, 0.4) is 0 Å². The lowest BCUT2D eigenvalue weighted by Gasteiger charge is -2.36. The molecule has 1 N–H and O–H groups in total. The van der Waals surface area contributed by atoms with Crippen molar-refractivity contribution in [3.63, 3.8) is 0 Å². The molecular weight excluding hydrogens is 334 g/mol. The van der Waals surface area contributed by atoms with E-state index < -0.39 is 5.41 Å². The summed E-state index contributed by atoms with van der Waals surface area (Å²) in [6.07, 6.45) is 3.91. The van der Waals surface area contributed by atoms with Gasteiger partial charge >= 0.3 is 0 Å². The molecule has 136 valence electrons. The Morgan fingerprint density at radius 3 is 2.96 bits per heavy atom. The number of ether oxygens (including phenoxy) is 1. The topological polar surface area (TPSA) is 89.4 Å². The summed E-state index contributed by atoms with van der Waals surface area (Å²) in [5.74, 6) is -0.0990. The molecule has 8 heteroatoms. The number of para-hydroxylation sites is 1. The molecule has 0 aliphatic carbocycles. The van der Waals surface area contributed by atoms with Gasteiger partial charge < -0.3 is 15.0 Å². The Hall–Kier alpha value is -2.74. The van der Waals surface area contributed by atoms with Gasteiger partial charge in [0.2, 0.25) is 5.91 Å². The highest BCUT2D eigenvalue weighted by Gasteiger charge is 2.54. The number of likely N-dealkylation sites (tertiary alicyclic amines) is 1. The van der Waals surface area contributed by atoms with Crippen LogP contribution in [0, 0.1) is 11.3 Å². The van der Waals surface area contributed by atoms with Crippen molar-refractivity contribution in [1.82, 2.24) is 25.2 Å². The van der Waals surface area contributed by atoms with Gasteiger partial charge in [-0.1, -0.05) is 17.3 Å². The van der Waals surface area contributed by atoms with E-state index in [2.05, 4.69) is 15.6 Å². The molecule has 2 saturated heterocycles. The molecule has 2 amide bonds. The molecule has 8 nitrogen and oxygen atoms in total. The fraction of sp³-hybridized carbons (Fsp3) is 0.444. The largest absolute Gasteiger partial charge is 0.381 e. The first-order valence-corrected chi connectivity index (χ1v) is 8.70. The van der Waals surface area contributed by atoms with Crippen molar-refractivity contribution in [2.45, 2.75) is 6.42 Å². The van der Waals surface area contributed by atoms with Crippen molar-refractivity contribution in [2.24, 2.45) is 11.3 Å². The maximum atomic E-state index is 13.3. The van der Waals surface area contributed by atoms with Gasteiger partial charge in [0.05, 0.1) is 35.7 Å². The van der Waals surface area contributed by atoms with Crippen molar-refractivity contribution in [3.8, 4) is 5.69 Å². The zero-order chi connectivity index (χ0) is 18.1. The van der Waals surface area contributed by atoms with E-state index in [0.717, 1.165) is 0 Å². The first kappa shape index (κ1) is 16.7. The van der Waals surface area contributed by atoms with Crippen molar-refractivity contribution in [3.05, 3.63) is 42.2 Å². The Morgan fingerprint density at radius 2 is 2.19 bits per heavy atom. The van der Waals surface area contributed by atoms with E-state index in [0.29, 0.717) is 44.0 Å². The lowest BCUT2D eigenvalue weighted by Crippen LogP contribution is -2.49. The molecule has 0 saturated carbocycles. The second-order valence-corrected chi connectivity index (χ2v) is 6.81. The van der Waals surface area contributed by atoms with Gasteiger partial charge in [0.25, 0.3) is 5.91 Å². The molecule has 1 aromatic carbocycles. The number of amides is 2. The van der Waals surface area contributed by atoms with Crippen LogP contribution in [-0.2, 0) is 9.53 Å². The van der Waals surface area contributed by atoms with Crippen molar-refractivity contribution >= 4 is 11.8 Å². The fourth-order valence-corrected chi connectivity index (χ4v) is 4.09. The molecule has 2 aliphatic heterocycles. The summed E-state index contributed by atoms with van der Waals surface area (Å²) in [5, 5.41) is 10.6. The first-order valence-electron chi connectivity index (χ1n) is 8.70. The normalized spacial score (nSPS) is 25.0. The Morgan fingerprint density at radius 1 is 1.35 bits per heavy atom. The molecule has 2 aliphatic rings. The van der Waals surface area contributed by atoms with Gasteiger partial charge in [0, 0.05) is 32.7 Å². The standard InChI is InChI=1S/C18H21N5O3/c1-19-17(25)18-6-9-26-11-13(18)10-22(12-18)16(24)14-4-2-3-5-15(14)23-8-7-20-21-23/h2-5,7-8,13H,6,9-12H2,1H3,(H,19,25)/t13-,18+/m1/s1. The van der Waals surface area contributed by atoms with E-state index in [1.807, 2.05) is 18.2 Å². The van der Waals surface area contributed by atoms with Crippen LogP contribution >= 0.6 is 0 Å². The third-order valence-corrected chi connectivity index (χ3v) is 5.48. The minimum absolute atomic E-state index is 0.00865. The zero-order valence-corrected chi connectivity index (χ0v) is 14.6. The van der Waals surface area contributed by atoms with Gasteiger partial charge in [-0.15, -0.1) is 5.10 Å². The molecule has 4 rings (SSSR count). The van der Waals surface area contributed by atoms with Crippen molar-refractivity contribution in [1.29, 1.82) is 0 Å². The molecule has 0 radical (unpaired) electrons. The maximum absolute atomic E-state index is 13.3. The molecule has 2 aromatic rings. The fourth-order valence-electron chi connectivity index (χ4n) is 4.09. The number of carbonyl (C=O) groups is 2. The van der Waals surface area contributed by atoms with Crippen LogP contribution < -0.4 is 5.32 Å². The Bertz CT molecular complexity index is 822. The van der Waals surface area contributed by atoms with Gasteiger partial charge in [-0.25, -0.2) is 4.68 Å². The number of benzene rings is 1. The molecule has 0 bridgehead atoms. The average Bonchev–Trinajstić information content (AvgIpc) is 3.35. The van der Waals surface area contributed by atoms with E-state index in [1.54, 1.807) is 35.1 Å². The highest BCUT2D eigenvalue weighted by Crippen LogP contribution is 2.43. The summed E-state index contributed by atoms with van der Waals surface area (Å²) in [6, 6.07) is 7.30. The SMILES string of the molecule is CNC(=O)[C@]12CCOC[C@H]1CN(C(=O)c1ccccc1-n1ccnn1)C2. The maximum Gasteiger partial charge on any atom is 0.256 e. The van der Waals surface area contributed by atoms with Gasteiger partial charge in [-0.05, 0) is 18.6 Å². The summed E-state index contributed by atoms with van der Waals surface area (Å²) in [5.41, 5.74) is 0.657. The minimum atomic E-state index is -0.565. The van der Waals surface area contributed by atoms with Crippen LogP contribution in [0.1, 0.15) is 16.8 Å². The molecule has 2 atom stereocenters. The number of aromatic nitrogens is 3. The van der Waals surface area contributed by atoms with Gasteiger partial charge in [-0.3, -0.25) is 9.59 Å². The molecule has 26 heavy (non-hydrogen) atoms. The van der Waals surface area contributed by atoms with Crippen LogP contribution in [0.5, 0.6) is 0 Å². The monoisotopic (exact) mass is 355 g/mol. The Labute approximate surface area is 151 Å². The highest BCUT2D eigenvalue weighted by molar-refractivity contribution is 5.98. The number of hydrogen-bond donors (Lipinski definition) is 1. The second-order valence-electron chi connectivity index (χ2n) is 6.81. The summed E-state index contributed by atoms with van der Waals surface area (Å²) in [7, 11) is 1.65. The quantitative estimate of drug-likeness (QED) is 0.866. The summed E-state index contributed by atoms with van der Waals surface area (Å²) in [6.45, 7) is 1.96. The van der Waals surface area contributed by atoms with E-state index in [-0.39, 0.29) is 17.7 Å². The van der Waals surface area contributed by atoms with E-state index in [1.165, 1.54) is 0 Å². The van der Waals surface area contributed by atoms with Crippen molar-refractivity contribution < 1.29 is 14.3 Å². The Balaban J connectivity index is 1.65. The smallest absolute Gasteiger partial charge is 0.256 e.